The summed E-state index contributed by atoms with van der Waals surface area (Å²) in [4.78, 5) is 20.9. The first-order chi connectivity index (χ1) is 16.9. The lowest BCUT2D eigenvalue weighted by Gasteiger charge is -2.35. The Hall–Kier alpha value is -3.84. The van der Waals surface area contributed by atoms with Gasteiger partial charge in [-0.1, -0.05) is 47.1 Å². The maximum absolute atomic E-state index is 13.3. The molecule has 0 bridgehead atoms. The van der Waals surface area contributed by atoms with Gasteiger partial charge in [-0.05, 0) is 74.6 Å². The number of hydrogen-bond acceptors (Lipinski definition) is 5. The number of urea groups is 1. The van der Waals surface area contributed by atoms with Crippen LogP contribution in [-0.2, 0) is 0 Å². The Morgan fingerprint density at radius 2 is 1.69 bits per heavy atom. The SMILES string of the molecule is CSc1ccc(-c2noc(C3=C(C)N(c4cccc(C)c4)C(=O)NC3c3ccc(C)cc3)n2)cc1. The number of thioether (sulfide) groups is 1. The topological polar surface area (TPSA) is 71.3 Å². The summed E-state index contributed by atoms with van der Waals surface area (Å²) >= 11 is 1.68. The predicted molar refractivity (Wildman–Crippen MR) is 140 cm³/mol. The Balaban J connectivity index is 1.63. The predicted octanol–water partition coefficient (Wildman–Crippen LogP) is 6.78. The fourth-order valence-corrected chi connectivity index (χ4v) is 4.71. The average Bonchev–Trinajstić information content (AvgIpc) is 3.34. The summed E-state index contributed by atoms with van der Waals surface area (Å²) in [6, 6.07) is 23.4. The van der Waals surface area contributed by atoms with Crippen LogP contribution in [0.2, 0.25) is 0 Å². The number of nitrogens with zero attached hydrogens (tertiary/aromatic N) is 3. The molecule has 1 N–H and O–H groups in total. The van der Waals surface area contributed by atoms with E-state index in [4.69, 9.17) is 9.51 Å². The van der Waals surface area contributed by atoms with Crippen LogP contribution < -0.4 is 10.2 Å². The number of hydrogen-bond donors (Lipinski definition) is 1. The highest BCUT2D eigenvalue weighted by atomic mass is 32.2. The number of aryl methyl sites for hydroxylation is 2. The molecule has 1 aromatic heterocycles. The highest BCUT2D eigenvalue weighted by Gasteiger charge is 2.36. The van der Waals surface area contributed by atoms with Crippen molar-refractivity contribution in [2.24, 2.45) is 0 Å². The van der Waals surface area contributed by atoms with Crippen molar-refractivity contribution in [1.82, 2.24) is 15.5 Å². The molecule has 7 heteroatoms. The maximum Gasteiger partial charge on any atom is 0.326 e. The molecule has 5 rings (SSSR count). The maximum atomic E-state index is 13.3. The Bertz CT molecular complexity index is 1410. The molecule has 1 aliphatic heterocycles. The number of rotatable bonds is 5. The van der Waals surface area contributed by atoms with Crippen molar-refractivity contribution in [3.8, 4) is 11.4 Å². The minimum absolute atomic E-state index is 0.199. The smallest absolute Gasteiger partial charge is 0.326 e. The van der Waals surface area contributed by atoms with E-state index in [1.165, 1.54) is 4.90 Å². The molecule has 3 aromatic carbocycles. The van der Waals surface area contributed by atoms with Crippen LogP contribution in [0.4, 0.5) is 10.5 Å². The van der Waals surface area contributed by atoms with E-state index < -0.39 is 6.04 Å². The van der Waals surface area contributed by atoms with E-state index in [1.807, 2.05) is 99.8 Å². The molecule has 35 heavy (non-hydrogen) atoms. The summed E-state index contributed by atoms with van der Waals surface area (Å²) in [5.74, 6) is 0.893. The van der Waals surface area contributed by atoms with E-state index in [-0.39, 0.29) is 6.03 Å². The molecule has 6 nitrogen and oxygen atoms in total. The number of aromatic nitrogens is 2. The molecule has 2 amide bonds. The summed E-state index contributed by atoms with van der Waals surface area (Å²) in [7, 11) is 0. The zero-order valence-corrected chi connectivity index (χ0v) is 20.9. The molecule has 0 saturated carbocycles. The number of carbonyl (C=O) groups is 1. The van der Waals surface area contributed by atoms with Gasteiger partial charge in [0.15, 0.2) is 0 Å². The van der Waals surface area contributed by atoms with Crippen LogP contribution in [0.15, 0.2) is 87.9 Å². The Labute approximate surface area is 209 Å². The van der Waals surface area contributed by atoms with Crippen LogP contribution in [0.25, 0.3) is 17.0 Å². The summed E-state index contributed by atoms with van der Waals surface area (Å²) < 4.78 is 5.80. The van der Waals surface area contributed by atoms with Gasteiger partial charge in [-0.25, -0.2) is 4.79 Å². The molecule has 0 spiro atoms. The van der Waals surface area contributed by atoms with Crippen molar-refractivity contribution >= 4 is 29.1 Å². The van der Waals surface area contributed by atoms with Crippen LogP contribution in [0.3, 0.4) is 0 Å². The molecule has 0 radical (unpaired) electrons. The van der Waals surface area contributed by atoms with Crippen molar-refractivity contribution < 1.29 is 9.32 Å². The molecule has 1 atom stereocenters. The van der Waals surface area contributed by atoms with Gasteiger partial charge < -0.3 is 9.84 Å². The molecule has 1 aliphatic rings. The van der Waals surface area contributed by atoms with Gasteiger partial charge in [0.05, 0.1) is 17.3 Å². The van der Waals surface area contributed by atoms with E-state index in [0.717, 1.165) is 39.2 Å². The summed E-state index contributed by atoms with van der Waals surface area (Å²) in [6.45, 7) is 5.97. The van der Waals surface area contributed by atoms with Gasteiger partial charge in [-0.15, -0.1) is 11.8 Å². The largest absolute Gasteiger partial charge is 0.334 e. The molecule has 176 valence electrons. The van der Waals surface area contributed by atoms with Gasteiger partial charge in [-0.3, -0.25) is 4.90 Å². The third kappa shape index (κ3) is 4.47. The minimum Gasteiger partial charge on any atom is -0.334 e. The summed E-state index contributed by atoms with van der Waals surface area (Å²) in [5.41, 5.74) is 6.34. The number of amides is 2. The number of carbonyl (C=O) groups excluding carboxylic acids is 1. The van der Waals surface area contributed by atoms with Gasteiger partial charge in [-0.2, -0.15) is 4.98 Å². The molecule has 2 heterocycles. The highest BCUT2D eigenvalue weighted by Crippen LogP contribution is 2.39. The normalized spacial score (nSPS) is 15.9. The quantitative estimate of drug-likeness (QED) is 0.318. The van der Waals surface area contributed by atoms with E-state index in [1.54, 1.807) is 16.7 Å². The van der Waals surface area contributed by atoms with Gasteiger partial charge in [0.1, 0.15) is 0 Å². The number of nitrogens with one attached hydrogen (secondary N) is 1. The van der Waals surface area contributed by atoms with Gasteiger partial charge >= 0.3 is 6.03 Å². The first-order valence-electron chi connectivity index (χ1n) is 11.4. The second-order valence-corrected chi connectivity index (χ2v) is 9.50. The van der Waals surface area contributed by atoms with Crippen molar-refractivity contribution in [2.75, 3.05) is 11.2 Å². The van der Waals surface area contributed by atoms with Crippen LogP contribution in [0.1, 0.15) is 35.5 Å². The highest BCUT2D eigenvalue weighted by molar-refractivity contribution is 7.98. The zero-order valence-electron chi connectivity index (χ0n) is 20.1. The number of anilines is 1. The van der Waals surface area contributed by atoms with Gasteiger partial charge in [0.2, 0.25) is 5.82 Å². The molecule has 0 fully saturated rings. The van der Waals surface area contributed by atoms with Crippen molar-refractivity contribution in [3.63, 3.8) is 0 Å². The van der Waals surface area contributed by atoms with Crippen molar-refractivity contribution in [3.05, 3.63) is 101 Å². The Morgan fingerprint density at radius 3 is 2.37 bits per heavy atom. The van der Waals surface area contributed by atoms with Gasteiger partial charge in [0.25, 0.3) is 5.89 Å². The summed E-state index contributed by atoms with van der Waals surface area (Å²) in [6.07, 6.45) is 2.04. The molecule has 0 saturated heterocycles. The van der Waals surface area contributed by atoms with Crippen molar-refractivity contribution in [2.45, 2.75) is 31.7 Å². The molecule has 4 aromatic rings. The summed E-state index contributed by atoms with van der Waals surface area (Å²) in [5, 5.41) is 7.43. The standard InChI is InChI=1S/C28H26N4O2S/c1-17-8-10-20(11-9-17)25-24(19(3)32(28(33)29-25)22-7-5-6-18(2)16-22)27-30-26(31-34-27)21-12-14-23(35-4)15-13-21/h5-16,25H,1-4H3,(H,29,33). The van der Waals surface area contributed by atoms with E-state index >= 15 is 0 Å². The zero-order chi connectivity index (χ0) is 24.5. The Morgan fingerprint density at radius 1 is 0.943 bits per heavy atom. The third-order valence-corrected chi connectivity index (χ3v) is 6.90. The fourth-order valence-electron chi connectivity index (χ4n) is 4.30. The fraction of sp³-hybridized carbons (Fsp3) is 0.179. The lowest BCUT2D eigenvalue weighted by atomic mass is 9.94. The number of allylic oxidation sites excluding steroid dienone is 1. The lowest BCUT2D eigenvalue weighted by Crippen LogP contribution is -2.46. The van der Waals surface area contributed by atoms with Gasteiger partial charge in [0, 0.05) is 16.2 Å². The molecule has 1 unspecified atom stereocenters. The van der Waals surface area contributed by atoms with Crippen LogP contribution in [0.5, 0.6) is 0 Å². The molecule has 0 aliphatic carbocycles. The van der Waals surface area contributed by atoms with Crippen LogP contribution in [0, 0.1) is 13.8 Å². The average molecular weight is 483 g/mol. The second kappa shape index (κ2) is 9.43. The molecular formula is C28H26N4O2S. The van der Waals surface area contributed by atoms with Crippen molar-refractivity contribution in [1.29, 1.82) is 0 Å². The first kappa shape index (κ1) is 22.9. The Kier molecular flexibility index (Phi) is 6.17. The lowest BCUT2D eigenvalue weighted by molar-refractivity contribution is 0.244. The van der Waals surface area contributed by atoms with Crippen LogP contribution in [-0.4, -0.2) is 22.4 Å². The first-order valence-corrected chi connectivity index (χ1v) is 12.6. The van der Waals surface area contributed by atoms with E-state index in [9.17, 15) is 4.79 Å². The minimum atomic E-state index is -0.420. The molecular weight excluding hydrogens is 456 g/mol. The van der Waals surface area contributed by atoms with Crippen LogP contribution >= 0.6 is 11.8 Å². The third-order valence-electron chi connectivity index (χ3n) is 6.16. The second-order valence-electron chi connectivity index (χ2n) is 8.62. The van der Waals surface area contributed by atoms with E-state index in [0.29, 0.717) is 11.7 Å². The van der Waals surface area contributed by atoms with E-state index in [2.05, 4.69) is 10.5 Å². The number of benzene rings is 3. The monoisotopic (exact) mass is 482 g/mol.